The maximum absolute atomic E-state index is 11.4. The van der Waals surface area contributed by atoms with Gasteiger partial charge in [-0.2, -0.15) is 0 Å². The number of nitrogens with one attached hydrogen (secondary N) is 1. The van der Waals surface area contributed by atoms with Crippen molar-refractivity contribution in [2.45, 2.75) is 12.5 Å². The van der Waals surface area contributed by atoms with Gasteiger partial charge in [-0.15, -0.1) is 0 Å². The lowest BCUT2D eigenvalue weighted by Crippen LogP contribution is -2.11. The van der Waals surface area contributed by atoms with Crippen molar-refractivity contribution in [3.8, 4) is 0 Å². The molecule has 0 amide bonds. The Balaban J connectivity index is 2.48. The van der Waals surface area contributed by atoms with Gasteiger partial charge in [-0.25, -0.2) is 4.79 Å². The third-order valence-electron chi connectivity index (χ3n) is 2.80. The first-order valence-electron chi connectivity index (χ1n) is 5.18. The Morgan fingerprint density at radius 3 is 3.00 bits per heavy atom. The highest BCUT2D eigenvalue weighted by atomic mass is 16.3. The number of nitrogens with zero attached hydrogens (tertiary/aromatic N) is 1. The number of imidazole rings is 1. The Labute approximate surface area is 92.5 Å². The van der Waals surface area contributed by atoms with E-state index in [9.17, 15) is 4.79 Å². The quantitative estimate of drug-likeness (QED) is 0.694. The molecule has 0 aliphatic carbocycles. The number of aromatic nitrogens is 2. The second-order valence-corrected chi connectivity index (χ2v) is 3.88. The van der Waals surface area contributed by atoms with Gasteiger partial charge in [0.05, 0.1) is 11.0 Å². The maximum Gasteiger partial charge on any atom is 0.326 e. The van der Waals surface area contributed by atoms with Crippen LogP contribution in [-0.4, -0.2) is 21.3 Å². The predicted octanol–water partition coefficient (Wildman–Crippen LogP) is 0.249. The molecule has 4 N–H and O–H groups in total. The fourth-order valence-corrected chi connectivity index (χ4v) is 1.79. The average Bonchev–Trinajstić information content (AvgIpc) is 2.55. The van der Waals surface area contributed by atoms with Crippen LogP contribution in [0.4, 0.5) is 0 Å². The lowest BCUT2D eigenvalue weighted by molar-refractivity contribution is 0.276. The van der Waals surface area contributed by atoms with Gasteiger partial charge in [0.2, 0.25) is 0 Å². The van der Waals surface area contributed by atoms with Crippen molar-refractivity contribution in [2.75, 3.05) is 6.61 Å². The van der Waals surface area contributed by atoms with Crippen molar-refractivity contribution in [2.24, 2.45) is 12.8 Å². The van der Waals surface area contributed by atoms with Gasteiger partial charge in [0.15, 0.2) is 0 Å². The summed E-state index contributed by atoms with van der Waals surface area (Å²) in [6, 6.07) is 5.41. The lowest BCUT2D eigenvalue weighted by Gasteiger charge is -2.10. The van der Waals surface area contributed by atoms with Crippen LogP contribution < -0.4 is 11.4 Å². The van der Waals surface area contributed by atoms with E-state index in [1.807, 2.05) is 18.2 Å². The summed E-state index contributed by atoms with van der Waals surface area (Å²) in [5.74, 6) is 0. The summed E-state index contributed by atoms with van der Waals surface area (Å²) >= 11 is 0. The van der Waals surface area contributed by atoms with E-state index in [0.29, 0.717) is 6.42 Å². The zero-order valence-electron chi connectivity index (χ0n) is 9.10. The number of hydrogen-bond acceptors (Lipinski definition) is 3. The third kappa shape index (κ3) is 1.75. The number of aliphatic hydroxyl groups excluding tert-OH is 1. The van der Waals surface area contributed by atoms with Crippen LogP contribution in [0.15, 0.2) is 23.0 Å². The van der Waals surface area contributed by atoms with E-state index in [1.54, 1.807) is 11.6 Å². The summed E-state index contributed by atoms with van der Waals surface area (Å²) in [4.78, 5) is 14.1. The average molecular weight is 221 g/mol. The maximum atomic E-state index is 11.4. The lowest BCUT2D eigenvalue weighted by atomic mass is 10.0. The topological polar surface area (TPSA) is 84.0 Å². The second-order valence-electron chi connectivity index (χ2n) is 3.88. The molecule has 1 aromatic heterocycles. The molecule has 1 aromatic carbocycles. The van der Waals surface area contributed by atoms with Gasteiger partial charge in [0.25, 0.3) is 0 Å². The normalized spacial score (nSPS) is 13.2. The monoisotopic (exact) mass is 221 g/mol. The van der Waals surface area contributed by atoms with Crippen molar-refractivity contribution in [3.05, 3.63) is 34.2 Å². The molecule has 16 heavy (non-hydrogen) atoms. The highest BCUT2D eigenvalue weighted by Crippen LogP contribution is 2.18. The smallest absolute Gasteiger partial charge is 0.326 e. The molecular formula is C11H15N3O2. The SMILES string of the molecule is Cn1c(=O)[nH]c2cc(C(N)CCO)ccc21. The molecule has 0 saturated heterocycles. The standard InChI is InChI=1S/C11H15N3O2/c1-14-10-3-2-7(8(12)4-5-15)6-9(10)13-11(14)16/h2-3,6,8,15H,4-5,12H2,1H3,(H,13,16). The zero-order chi connectivity index (χ0) is 11.7. The number of aryl methyl sites for hydroxylation is 1. The molecule has 2 aromatic rings. The number of H-pyrrole nitrogens is 1. The summed E-state index contributed by atoms with van der Waals surface area (Å²) in [5, 5.41) is 8.82. The van der Waals surface area contributed by atoms with Crippen LogP contribution in [-0.2, 0) is 7.05 Å². The van der Waals surface area contributed by atoms with Crippen LogP contribution in [0.3, 0.4) is 0 Å². The Bertz CT molecular complexity index is 556. The molecule has 2 rings (SSSR count). The largest absolute Gasteiger partial charge is 0.396 e. The van der Waals surface area contributed by atoms with Crippen molar-refractivity contribution in [1.29, 1.82) is 0 Å². The Morgan fingerprint density at radius 2 is 2.31 bits per heavy atom. The van der Waals surface area contributed by atoms with E-state index < -0.39 is 0 Å². The summed E-state index contributed by atoms with van der Waals surface area (Å²) in [5.41, 5.74) is 8.29. The van der Waals surface area contributed by atoms with Gasteiger partial charge >= 0.3 is 5.69 Å². The summed E-state index contributed by atoms with van der Waals surface area (Å²) in [6.45, 7) is 0.0600. The van der Waals surface area contributed by atoms with Gasteiger partial charge in [0, 0.05) is 19.7 Å². The highest BCUT2D eigenvalue weighted by Gasteiger charge is 2.08. The van der Waals surface area contributed by atoms with Crippen LogP contribution in [0.1, 0.15) is 18.0 Å². The van der Waals surface area contributed by atoms with Gasteiger partial charge in [0.1, 0.15) is 0 Å². The van der Waals surface area contributed by atoms with Crippen molar-refractivity contribution >= 4 is 11.0 Å². The van der Waals surface area contributed by atoms with Gasteiger partial charge in [-0.05, 0) is 24.1 Å². The molecule has 0 radical (unpaired) electrons. The number of benzene rings is 1. The second kappa shape index (κ2) is 4.11. The highest BCUT2D eigenvalue weighted by molar-refractivity contribution is 5.76. The van der Waals surface area contributed by atoms with Crippen LogP contribution in [0.5, 0.6) is 0 Å². The molecule has 0 aliphatic heterocycles. The van der Waals surface area contributed by atoms with E-state index in [-0.39, 0.29) is 18.3 Å². The van der Waals surface area contributed by atoms with Gasteiger partial charge in [-0.1, -0.05) is 6.07 Å². The fourth-order valence-electron chi connectivity index (χ4n) is 1.79. The third-order valence-corrected chi connectivity index (χ3v) is 2.80. The van der Waals surface area contributed by atoms with Crippen molar-refractivity contribution < 1.29 is 5.11 Å². The first kappa shape index (κ1) is 10.9. The molecule has 5 heteroatoms. The van der Waals surface area contributed by atoms with E-state index in [4.69, 9.17) is 10.8 Å². The van der Waals surface area contributed by atoms with Crippen LogP contribution in [0, 0.1) is 0 Å². The minimum atomic E-state index is -0.196. The van der Waals surface area contributed by atoms with Gasteiger partial charge < -0.3 is 15.8 Å². The van der Waals surface area contributed by atoms with Crippen LogP contribution in [0.25, 0.3) is 11.0 Å². The fraction of sp³-hybridized carbons (Fsp3) is 0.364. The minimum absolute atomic E-state index is 0.0600. The Hall–Kier alpha value is -1.59. The zero-order valence-corrected chi connectivity index (χ0v) is 9.10. The van der Waals surface area contributed by atoms with Crippen molar-refractivity contribution in [1.82, 2.24) is 9.55 Å². The molecule has 0 aliphatic rings. The molecule has 1 unspecified atom stereocenters. The molecule has 5 nitrogen and oxygen atoms in total. The first-order chi connectivity index (χ1) is 7.63. The number of aromatic amines is 1. The number of nitrogens with two attached hydrogens (primary N) is 1. The number of hydrogen-bond donors (Lipinski definition) is 3. The van der Waals surface area contributed by atoms with Crippen LogP contribution in [0.2, 0.25) is 0 Å². The molecule has 86 valence electrons. The molecule has 0 saturated carbocycles. The minimum Gasteiger partial charge on any atom is -0.396 e. The van der Waals surface area contributed by atoms with Gasteiger partial charge in [-0.3, -0.25) is 4.57 Å². The molecule has 1 heterocycles. The van der Waals surface area contributed by atoms with E-state index in [1.165, 1.54) is 0 Å². The summed E-state index contributed by atoms with van der Waals surface area (Å²) in [6.07, 6.45) is 0.516. The molecule has 0 spiro atoms. The van der Waals surface area contributed by atoms with Crippen molar-refractivity contribution in [3.63, 3.8) is 0 Å². The van der Waals surface area contributed by atoms with E-state index >= 15 is 0 Å². The summed E-state index contributed by atoms with van der Waals surface area (Å²) < 4.78 is 1.55. The molecule has 0 bridgehead atoms. The van der Waals surface area contributed by atoms with Crippen LogP contribution >= 0.6 is 0 Å². The number of aliphatic hydroxyl groups is 1. The molecule has 0 fully saturated rings. The predicted molar refractivity (Wildman–Crippen MR) is 62.2 cm³/mol. The Kier molecular flexibility index (Phi) is 2.80. The molecular weight excluding hydrogens is 206 g/mol. The van der Waals surface area contributed by atoms with E-state index in [0.717, 1.165) is 16.6 Å². The Morgan fingerprint density at radius 1 is 1.56 bits per heavy atom. The number of rotatable bonds is 3. The van der Waals surface area contributed by atoms with E-state index in [2.05, 4.69) is 4.98 Å². The number of fused-ring (bicyclic) bond motifs is 1. The summed E-state index contributed by atoms with van der Waals surface area (Å²) in [7, 11) is 1.72. The molecule has 1 atom stereocenters. The first-order valence-corrected chi connectivity index (χ1v) is 5.18.